The average Bonchev–Trinajstić information content (AvgIpc) is 2.35. The van der Waals surface area contributed by atoms with Crippen molar-refractivity contribution in [2.75, 3.05) is 5.75 Å². The van der Waals surface area contributed by atoms with E-state index in [2.05, 4.69) is 52.0 Å². The number of carbonyl (C=O) groups excluding carboxylic acids is 1. The molecule has 22 heavy (non-hydrogen) atoms. The number of benzene rings is 2. The molecule has 0 heterocycles. The molecular formula is C20H24OS. The molecule has 2 aromatic rings. The van der Waals surface area contributed by atoms with Crippen molar-refractivity contribution >= 4 is 17.5 Å². The standard InChI is InChI=1S/C20H24OS/c1-12-7-14(3)19(15(4)8-12)18(21)11-22-20-16(5)9-13(2)10-17(20)6/h7-10H,11H2,1-6H3. The Morgan fingerprint density at radius 1 is 0.773 bits per heavy atom. The highest BCUT2D eigenvalue weighted by molar-refractivity contribution is 8.00. The smallest absolute Gasteiger partial charge is 0.173 e. The molecule has 0 spiro atoms. The van der Waals surface area contributed by atoms with Gasteiger partial charge < -0.3 is 0 Å². The van der Waals surface area contributed by atoms with Gasteiger partial charge in [0, 0.05) is 10.5 Å². The Morgan fingerprint density at radius 3 is 1.64 bits per heavy atom. The Morgan fingerprint density at radius 2 is 1.18 bits per heavy atom. The van der Waals surface area contributed by atoms with Crippen molar-refractivity contribution in [1.29, 1.82) is 0 Å². The molecule has 2 aromatic carbocycles. The first-order chi connectivity index (χ1) is 10.3. The van der Waals surface area contributed by atoms with E-state index in [0.29, 0.717) is 5.75 Å². The number of thioether (sulfide) groups is 1. The van der Waals surface area contributed by atoms with E-state index in [9.17, 15) is 4.79 Å². The van der Waals surface area contributed by atoms with E-state index in [1.165, 1.54) is 27.1 Å². The first-order valence-electron chi connectivity index (χ1n) is 7.61. The predicted octanol–water partition coefficient (Wildman–Crippen LogP) is 5.51. The minimum absolute atomic E-state index is 0.222. The third-order valence-electron chi connectivity index (χ3n) is 3.91. The topological polar surface area (TPSA) is 17.1 Å². The molecule has 1 nitrogen and oxygen atoms in total. The summed E-state index contributed by atoms with van der Waals surface area (Å²) in [5.74, 6) is 0.717. The number of rotatable bonds is 4. The summed E-state index contributed by atoms with van der Waals surface area (Å²) in [6.45, 7) is 12.5. The summed E-state index contributed by atoms with van der Waals surface area (Å²) in [5, 5.41) is 0. The summed E-state index contributed by atoms with van der Waals surface area (Å²) < 4.78 is 0. The Bertz CT molecular complexity index is 682. The van der Waals surface area contributed by atoms with Crippen LogP contribution in [0, 0.1) is 41.5 Å². The summed E-state index contributed by atoms with van der Waals surface area (Å²) in [7, 11) is 0. The van der Waals surface area contributed by atoms with Crippen LogP contribution in [0.4, 0.5) is 0 Å². The lowest BCUT2D eigenvalue weighted by molar-refractivity contribution is 0.102. The number of Topliss-reactive ketones (excluding diaryl/α,β-unsaturated/α-hetero) is 1. The van der Waals surface area contributed by atoms with Crippen molar-refractivity contribution in [3.05, 3.63) is 63.2 Å². The van der Waals surface area contributed by atoms with E-state index in [1.807, 2.05) is 13.8 Å². The molecule has 116 valence electrons. The second-order valence-corrected chi connectivity index (χ2v) is 7.20. The van der Waals surface area contributed by atoms with Crippen LogP contribution in [0.25, 0.3) is 0 Å². The SMILES string of the molecule is Cc1cc(C)c(SCC(=O)c2c(C)cc(C)cc2C)c(C)c1. The molecule has 2 heteroatoms. The van der Waals surface area contributed by atoms with Crippen LogP contribution in [0.15, 0.2) is 29.2 Å². The molecule has 0 amide bonds. The highest BCUT2D eigenvalue weighted by Gasteiger charge is 2.14. The third-order valence-corrected chi connectivity index (χ3v) is 5.25. The fourth-order valence-electron chi connectivity index (χ4n) is 3.22. The third kappa shape index (κ3) is 3.61. The fraction of sp³-hybridized carbons (Fsp3) is 0.350. The maximum atomic E-state index is 12.6. The first-order valence-corrected chi connectivity index (χ1v) is 8.60. The van der Waals surface area contributed by atoms with Crippen molar-refractivity contribution in [3.8, 4) is 0 Å². The normalized spacial score (nSPS) is 10.8. The van der Waals surface area contributed by atoms with Crippen molar-refractivity contribution in [2.45, 2.75) is 46.4 Å². The highest BCUT2D eigenvalue weighted by atomic mass is 32.2. The lowest BCUT2D eigenvalue weighted by Gasteiger charge is -2.13. The van der Waals surface area contributed by atoms with E-state index in [-0.39, 0.29) is 5.78 Å². The largest absolute Gasteiger partial charge is 0.293 e. The van der Waals surface area contributed by atoms with Gasteiger partial charge in [-0.15, -0.1) is 11.8 Å². The molecule has 0 saturated carbocycles. The van der Waals surface area contributed by atoms with Crippen molar-refractivity contribution < 1.29 is 4.79 Å². The molecule has 2 rings (SSSR count). The Kier molecular flexibility index (Phi) is 5.12. The summed E-state index contributed by atoms with van der Waals surface area (Å²) in [6.07, 6.45) is 0. The lowest BCUT2D eigenvalue weighted by atomic mass is 9.97. The van der Waals surface area contributed by atoms with Gasteiger partial charge >= 0.3 is 0 Å². The van der Waals surface area contributed by atoms with Crippen LogP contribution in [-0.4, -0.2) is 11.5 Å². The highest BCUT2D eigenvalue weighted by Crippen LogP contribution is 2.29. The zero-order chi connectivity index (χ0) is 16.4. The molecule has 0 radical (unpaired) electrons. The van der Waals surface area contributed by atoms with Crippen LogP contribution in [0.2, 0.25) is 0 Å². The molecule has 0 unspecified atom stereocenters. The van der Waals surface area contributed by atoms with Gasteiger partial charge in [-0.2, -0.15) is 0 Å². The zero-order valence-electron chi connectivity index (χ0n) is 14.3. The zero-order valence-corrected chi connectivity index (χ0v) is 15.1. The molecule has 0 saturated heterocycles. The van der Waals surface area contributed by atoms with Crippen LogP contribution >= 0.6 is 11.8 Å². The second-order valence-electron chi connectivity index (χ2n) is 6.21. The van der Waals surface area contributed by atoms with Gasteiger partial charge in [0.25, 0.3) is 0 Å². The van der Waals surface area contributed by atoms with Gasteiger partial charge in [-0.25, -0.2) is 0 Å². The van der Waals surface area contributed by atoms with Crippen molar-refractivity contribution in [1.82, 2.24) is 0 Å². The summed E-state index contributed by atoms with van der Waals surface area (Å²) >= 11 is 1.66. The van der Waals surface area contributed by atoms with E-state index in [4.69, 9.17) is 0 Å². The fourth-order valence-corrected chi connectivity index (χ4v) is 4.22. The van der Waals surface area contributed by atoms with Crippen molar-refractivity contribution in [3.63, 3.8) is 0 Å². The second kappa shape index (κ2) is 6.70. The number of carbonyl (C=O) groups is 1. The number of aryl methyl sites for hydroxylation is 6. The van der Waals surface area contributed by atoms with E-state index in [1.54, 1.807) is 11.8 Å². The Hall–Kier alpha value is -1.54. The molecule has 0 aliphatic carbocycles. The minimum atomic E-state index is 0.222. The molecule has 0 N–H and O–H groups in total. The summed E-state index contributed by atoms with van der Waals surface area (Å²) in [6, 6.07) is 8.55. The van der Waals surface area contributed by atoms with Crippen LogP contribution in [0.5, 0.6) is 0 Å². The van der Waals surface area contributed by atoms with Crippen LogP contribution < -0.4 is 0 Å². The predicted molar refractivity (Wildman–Crippen MR) is 96.4 cm³/mol. The monoisotopic (exact) mass is 312 g/mol. The van der Waals surface area contributed by atoms with Crippen molar-refractivity contribution in [2.24, 2.45) is 0 Å². The van der Waals surface area contributed by atoms with Gasteiger partial charge in [0.2, 0.25) is 0 Å². The van der Waals surface area contributed by atoms with Gasteiger partial charge in [-0.3, -0.25) is 4.79 Å². The lowest BCUT2D eigenvalue weighted by Crippen LogP contribution is -2.08. The molecule has 0 aliphatic heterocycles. The number of ketones is 1. The number of hydrogen-bond donors (Lipinski definition) is 0. The van der Waals surface area contributed by atoms with E-state index in [0.717, 1.165) is 16.7 Å². The van der Waals surface area contributed by atoms with E-state index >= 15 is 0 Å². The van der Waals surface area contributed by atoms with Gasteiger partial charge in [0.1, 0.15) is 0 Å². The Labute approximate surface area is 138 Å². The van der Waals surface area contributed by atoms with E-state index < -0.39 is 0 Å². The molecule has 0 fully saturated rings. The minimum Gasteiger partial charge on any atom is -0.293 e. The average molecular weight is 312 g/mol. The van der Waals surface area contributed by atoms with Gasteiger partial charge in [-0.05, 0) is 63.8 Å². The van der Waals surface area contributed by atoms with Gasteiger partial charge in [0.05, 0.1) is 5.75 Å². The summed E-state index contributed by atoms with van der Waals surface area (Å²) in [4.78, 5) is 13.9. The maximum Gasteiger partial charge on any atom is 0.173 e. The molecule has 0 aliphatic rings. The molecule has 0 bridgehead atoms. The van der Waals surface area contributed by atoms with Crippen LogP contribution in [0.1, 0.15) is 43.7 Å². The number of hydrogen-bond acceptors (Lipinski definition) is 2. The molecular weight excluding hydrogens is 288 g/mol. The van der Waals surface area contributed by atoms with Gasteiger partial charge in [0.15, 0.2) is 5.78 Å². The first kappa shape index (κ1) is 16.8. The van der Waals surface area contributed by atoms with Crippen LogP contribution in [0.3, 0.4) is 0 Å². The Balaban J connectivity index is 2.21. The molecule has 0 atom stereocenters. The molecule has 0 aromatic heterocycles. The maximum absolute atomic E-state index is 12.6. The van der Waals surface area contributed by atoms with Crippen LogP contribution in [-0.2, 0) is 0 Å². The summed E-state index contributed by atoms with van der Waals surface area (Å²) in [5.41, 5.74) is 8.06. The quantitative estimate of drug-likeness (QED) is 0.547. The van der Waals surface area contributed by atoms with Gasteiger partial charge in [-0.1, -0.05) is 35.4 Å².